The fourth-order valence-corrected chi connectivity index (χ4v) is 4.76. The third kappa shape index (κ3) is 3.40. The van der Waals surface area contributed by atoms with E-state index in [2.05, 4.69) is 22.9 Å². The molecule has 4 rings (SSSR count). The molecule has 0 atom stereocenters. The molecule has 1 N–H and O–H groups in total. The number of fused-ring (bicyclic) bond motifs is 1. The maximum absolute atomic E-state index is 12.4. The van der Waals surface area contributed by atoms with Gasteiger partial charge in [0.05, 0.1) is 17.1 Å². The van der Waals surface area contributed by atoms with Gasteiger partial charge in [0, 0.05) is 31.8 Å². The lowest BCUT2D eigenvalue weighted by atomic mass is 9.90. The van der Waals surface area contributed by atoms with E-state index < -0.39 is 0 Å². The Balaban J connectivity index is 1.39. The quantitative estimate of drug-likeness (QED) is 0.926. The molecule has 5 nitrogen and oxygen atoms in total. The number of para-hydroxylation sites is 2. The molecule has 2 aliphatic rings. The third-order valence-corrected chi connectivity index (χ3v) is 6.05. The number of hydrogen-bond acceptors (Lipinski definition) is 3. The second-order valence-corrected chi connectivity index (χ2v) is 7.47. The van der Waals surface area contributed by atoms with Gasteiger partial charge in [-0.2, -0.15) is 0 Å². The number of ether oxygens (including phenoxy) is 1. The van der Waals surface area contributed by atoms with Gasteiger partial charge in [0.2, 0.25) is 0 Å². The number of likely N-dealkylation sites (tertiary alicyclic amines) is 1. The summed E-state index contributed by atoms with van der Waals surface area (Å²) in [5.41, 5.74) is 2.03. The first-order chi connectivity index (χ1) is 12.3. The highest BCUT2D eigenvalue weighted by Crippen LogP contribution is 2.30. The molecule has 1 aromatic carbocycles. The van der Waals surface area contributed by atoms with Gasteiger partial charge in [-0.15, -0.1) is 0 Å². The number of H-pyrrole nitrogens is 1. The molecule has 1 saturated carbocycles. The summed E-state index contributed by atoms with van der Waals surface area (Å²) in [4.78, 5) is 18.0. The molecular formula is C20H29N3O2. The zero-order valence-corrected chi connectivity index (χ0v) is 15.1. The number of aromatic amines is 1. The molecule has 5 heteroatoms. The van der Waals surface area contributed by atoms with Crippen LogP contribution in [0.15, 0.2) is 29.1 Å². The predicted molar refractivity (Wildman–Crippen MR) is 100 cm³/mol. The summed E-state index contributed by atoms with van der Waals surface area (Å²) in [6.45, 7) is 5.12. The van der Waals surface area contributed by atoms with E-state index >= 15 is 0 Å². The Morgan fingerprint density at radius 3 is 2.48 bits per heavy atom. The van der Waals surface area contributed by atoms with Crippen LogP contribution >= 0.6 is 0 Å². The normalized spacial score (nSPS) is 26.3. The Morgan fingerprint density at radius 1 is 1.04 bits per heavy atom. The molecule has 1 saturated heterocycles. The average Bonchev–Trinajstić information content (AvgIpc) is 2.98. The molecule has 1 aliphatic carbocycles. The van der Waals surface area contributed by atoms with Crippen molar-refractivity contribution in [3.8, 4) is 0 Å². The fourth-order valence-electron chi connectivity index (χ4n) is 4.76. The highest BCUT2D eigenvalue weighted by atomic mass is 16.5. The topological polar surface area (TPSA) is 50.3 Å². The standard InChI is InChI=1S/C20H29N3O2/c1-2-25-17-9-7-15(8-10-17)22-13-11-16(12-14-22)23-19-6-4-3-5-18(19)21-20(23)24/h3-6,15-17H,2,7-14H2,1H3,(H,21,24)/t15-,17+. The van der Waals surface area contributed by atoms with Gasteiger partial charge in [-0.3, -0.25) is 4.57 Å². The monoisotopic (exact) mass is 343 g/mol. The van der Waals surface area contributed by atoms with Crippen molar-refractivity contribution in [3.05, 3.63) is 34.7 Å². The molecule has 25 heavy (non-hydrogen) atoms. The van der Waals surface area contributed by atoms with Crippen molar-refractivity contribution < 1.29 is 4.74 Å². The maximum Gasteiger partial charge on any atom is 0.326 e. The van der Waals surface area contributed by atoms with Gasteiger partial charge >= 0.3 is 5.69 Å². The minimum absolute atomic E-state index is 0.0388. The van der Waals surface area contributed by atoms with Crippen LogP contribution < -0.4 is 5.69 Å². The number of nitrogens with zero attached hydrogens (tertiary/aromatic N) is 2. The number of imidazole rings is 1. The van der Waals surface area contributed by atoms with E-state index in [-0.39, 0.29) is 5.69 Å². The highest BCUT2D eigenvalue weighted by Gasteiger charge is 2.30. The minimum Gasteiger partial charge on any atom is -0.379 e. The van der Waals surface area contributed by atoms with Crippen LogP contribution in [0.1, 0.15) is 51.5 Å². The van der Waals surface area contributed by atoms with E-state index in [0.717, 1.165) is 43.6 Å². The molecule has 0 unspecified atom stereocenters. The summed E-state index contributed by atoms with van der Waals surface area (Å²) in [5, 5.41) is 0. The molecule has 2 aromatic rings. The summed E-state index contributed by atoms with van der Waals surface area (Å²) < 4.78 is 7.76. The molecule has 0 spiro atoms. The molecule has 1 aliphatic heterocycles. The zero-order chi connectivity index (χ0) is 17.2. The first-order valence-corrected chi connectivity index (χ1v) is 9.81. The minimum atomic E-state index is 0.0388. The van der Waals surface area contributed by atoms with Crippen LogP contribution in [-0.4, -0.2) is 46.3 Å². The van der Waals surface area contributed by atoms with Gasteiger partial charge in [-0.05, 0) is 57.6 Å². The lowest BCUT2D eigenvalue weighted by Crippen LogP contribution is -2.45. The van der Waals surface area contributed by atoms with Gasteiger partial charge in [0.15, 0.2) is 0 Å². The van der Waals surface area contributed by atoms with E-state index in [1.807, 2.05) is 22.8 Å². The van der Waals surface area contributed by atoms with Crippen LogP contribution in [0.2, 0.25) is 0 Å². The van der Waals surface area contributed by atoms with Gasteiger partial charge < -0.3 is 14.6 Å². The van der Waals surface area contributed by atoms with E-state index in [4.69, 9.17) is 4.74 Å². The fraction of sp³-hybridized carbons (Fsp3) is 0.650. The number of benzene rings is 1. The van der Waals surface area contributed by atoms with Crippen molar-refractivity contribution in [2.45, 2.75) is 63.6 Å². The lowest BCUT2D eigenvalue weighted by Gasteiger charge is -2.40. The molecule has 0 amide bonds. The summed E-state index contributed by atoms with van der Waals surface area (Å²) in [5.74, 6) is 0. The molecule has 136 valence electrons. The summed E-state index contributed by atoms with van der Waals surface area (Å²) >= 11 is 0. The second-order valence-electron chi connectivity index (χ2n) is 7.47. The zero-order valence-electron chi connectivity index (χ0n) is 15.1. The van der Waals surface area contributed by atoms with Crippen LogP contribution in [0, 0.1) is 0 Å². The highest BCUT2D eigenvalue weighted by molar-refractivity contribution is 5.75. The van der Waals surface area contributed by atoms with E-state index in [9.17, 15) is 4.79 Å². The van der Waals surface area contributed by atoms with Crippen LogP contribution in [0.3, 0.4) is 0 Å². The molecule has 2 fully saturated rings. The van der Waals surface area contributed by atoms with Crippen molar-refractivity contribution >= 4 is 11.0 Å². The average molecular weight is 343 g/mol. The first-order valence-electron chi connectivity index (χ1n) is 9.81. The molecule has 0 bridgehead atoms. The van der Waals surface area contributed by atoms with Crippen molar-refractivity contribution in [2.75, 3.05) is 19.7 Å². The first kappa shape index (κ1) is 16.9. The Kier molecular flexibility index (Phi) is 4.95. The van der Waals surface area contributed by atoms with E-state index in [1.165, 1.54) is 25.7 Å². The molecule has 1 aromatic heterocycles. The Bertz CT molecular complexity index is 750. The number of aromatic nitrogens is 2. The van der Waals surface area contributed by atoms with Crippen molar-refractivity contribution in [3.63, 3.8) is 0 Å². The number of piperidine rings is 1. The molecule has 0 radical (unpaired) electrons. The van der Waals surface area contributed by atoms with Crippen LogP contribution in [0.25, 0.3) is 11.0 Å². The number of nitrogens with one attached hydrogen (secondary N) is 1. The largest absolute Gasteiger partial charge is 0.379 e. The van der Waals surface area contributed by atoms with Crippen molar-refractivity contribution in [1.82, 2.24) is 14.5 Å². The van der Waals surface area contributed by atoms with Gasteiger partial charge in [0.25, 0.3) is 0 Å². The van der Waals surface area contributed by atoms with Crippen molar-refractivity contribution in [2.24, 2.45) is 0 Å². The van der Waals surface area contributed by atoms with E-state index in [1.54, 1.807) is 0 Å². The van der Waals surface area contributed by atoms with Gasteiger partial charge in [-0.1, -0.05) is 12.1 Å². The van der Waals surface area contributed by atoms with Crippen LogP contribution in [0.5, 0.6) is 0 Å². The number of rotatable bonds is 4. The lowest BCUT2D eigenvalue weighted by molar-refractivity contribution is 0.00796. The summed E-state index contributed by atoms with van der Waals surface area (Å²) in [6, 6.07) is 9.05. The van der Waals surface area contributed by atoms with E-state index in [0.29, 0.717) is 18.2 Å². The Hall–Kier alpha value is -1.59. The van der Waals surface area contributed by atoms with Gasteiger partial charge in [-0.25, -0.2) is 4.79 Å². The Labute approximate surface area is 149 Å². The third-order valence-electron chi connectivity index (χ3n) is 6.05. The predicted octanol–water partition coefficient (Wildman–Crippen LogP) is 3.31. The molecule has 2 heterocycles. The summed E-state index contributed by atoms with van der Waals surface area (Å²) in [6.07, 6.45) is 7.50. The second kappa shape index (κ2) is 7.34. The van der Waals surface area contributed by atoms with Crippen LogP contribution in [0.4, 0.5) is 0 Å². The number of hydrogen-bond donors (Lipinski definition) is 1. The Morgan fingerprint density at radius 2 is 1.76 bits per heavy atom. The SMILES string of the molecule is CCO[C@H]1CC[C@@H](N2CCC(n3c(=O)[nH]c4ccccc43)CC2)CC1. The van der Waals surface area contributed by atoms with Crippen LogP contribution in [-0.2, 0) is 4.74 Å². The molecular weight excluding hydrogens is 314 g/mol. The van der Waals surface area contributed by atoms with Crippen molar-refractivity contribution in [1.29, 1.82) is 0 Å². The smallest absolute Gasteiger partial charge is 0.326 e. The van der Waals surface area contributed by atoms with Gasteiger partial charge in [0.1, 0.15) is 0 Å². The maximum atomic E-state index is 12.4. The summed E-state index contributed by atoms with van der Waals surface area (Å²) in [7, 11) is 0.